The molecular formula is C22H21N7O2. The molecule has 0 spiro atoms. The highest BCUT2D eigenvalue weighted by molar-refractivity contribution is 5.96. The van der Waals surface area contributed by atoms with Crippen LogP contribution < -0.4 is 10.3 Å². The predicted octanol–water partition coefficient (Wildman–Crippen LogP) is 4.15. The fourth-order valence-corrected chi connectivity index (χ4v) is 3.96. The van der Waals surface area contributed by atoms with Crippen molar-refractivity contribution in [1.82, 2.24) is 14.6 Å². The Kier molecular flexibility index (Phi) is 4.70. The molecule has 1 aliphatic rings. The standard InChI is InChI=1S/C22H21N7O2/c1-15-19(14-23-25-16-8-10-17(11-9-16)29(30)31)22-24-21(27-12-4-5-13-27)18-6-2-3-7-20(18)28(22)26-15/h2-3,6-11,14,25H,4-5,12-13H2,1H3/b23-14+. The van der Waals surface area contributed by atoms with Crippen molar-refractivity contribution >= 4 is 40.0 Å². The van der Waals surface area contributed by atoms with E-state index in [-0.39, 0.29) is 5.69 Å². The lowest BCUT2D eigenvalue weighted by molar-refractivity contribution is -0.384. The third-order valence-corrected chi connectivity index (χ3v) is 5.54. The number of benzene rings is 2. The van der Waals surface area contributed by atoms with E-state index in [0.29, 0.717) is 5.69 Å². The van der Waals surface area contributed by atoms with Gasteiger partial charge in [0.15, 0.2) is 5.65 Å². The Hall–Kier alpha value is -4.01. The molecule has 0 bridgehead atoms. The average molecular weight is 415 g/mol. The molecule has 0 atom stereocenters. The number of hydrogen-bond acceptors (Lipinski definition) is 7. The van der Waals surface area contributed by atoms with Gasteiger partial charge in [-0.25, -0.2) is 9.50 Å². The molecule has 1 N–H and O–H groups in total. The summed E-state index contributed by atoms with van der Waals surface area (Å²) in [5, 5.41) is 20.9. The second-order valence-corrected chi connectivity index (χ2v) is 7.56. The number of nitrogens with one attached hydrogen (secondary N) is 1. The maximum absolute atomic E-state index is 10.8. The van der Waals surface area contributed by atoms with Crippen LogP contribution in [0.4, 0.5) is 17.2 Å². The molecule has 0 unspecified atom stereocenters. The van der Waals surface area contributed by atoms with Crippen molar-refractivity contribution in [3.8, 4) is 0 Å². The number of hydrogen-bond donors (Lipinski definition) is 1. The zero-order valence-corrected chi connectivity index (χ0v) is 17.0. The molecule has 0 amide bonds. The maximum atomic E-state index is 10.8. The van der Waals surface area contributed by atoms with Gasteiger partial charge in [-0.05, 0) is 44.0 Å². The summed E-state index contributed by atoms with van der Waals surface area (Å²) in [6.07, 6.45) is 4.05. The van der Waals surface area contributed by atoms with Crippen LogP contribution in [-0.2, 0) is 0 Å². The van der Waals surface area contributed by atoms with Gasteiger partial charge in [0.2, 0.25) is 0 Å². The quantitative estimate of drug-likeness (QED) is 0.299. The first-order chi connectivity index (χ1) is 15.1. The van der Waals surface area contributed by atoms with Crippen LogP contribution in [0, 0.1) is 17.0 Å². The van der Waals surface area contributed by atoms with Gasteiger partial charge in [-0.3, -0.25) is 15.5 Å². The number of rotatable bonds is 5. The Morgan fingerprint density at radius 2 is 1.87 bits per heavy atom. The number of nitrogens with zero attached hydrogens (tertiary/aromatic N) is 6. The third-order valence-electron chi connectivity index (χ3n) is 5.54. The van der Waals surface area contributed by atoms with Gasteiger partial charge in [0.25, 0.3) is 5.69 Å². The van der Waals surface area contributed by atoms with Gasteiger partial charge >= 0.3 is 0 Å². The van der Waals surface area contributed by atoms with Crippen molar-refractivity contribution in [1.29, 1.82) is 0 Å². The molecule has 1 aliphatic heterocycles. The lowest BCUT2D eigenvalue weighted by Gasteiger charge is -2.19. The van der Waals surface area contributed by atoms with Crippen LogP contribution >= 0.6 is 0 Å². The third kappa shape index (κ3) is 3.43. The van der Waals surface area contributed by atoms with E-state index < -0.39 is 4.92 Å². The van der Waals surface area contributed by atoms with E-state index in [9.17, 15) is 10.1 Å². The second-order valence-electron chi connectivity index (χ2n) is 7.56. The molecular weight excluding hydrogens is 394 g/mol. The Balaban J connectivity index is 1.53. The van der Waals surface area contributed by atoms with Gasteiger partial charge in [-0.1, -0.05) is 12.1 Å². The summed E-state index contributed by atoms with van der Waals surface area (Å²) >= 11 is 0. The van der Waals surface area contributed by atoms with Gasteiger partial charge in [0, 0.05) is 30.6 Å². The van der Waals surface area contributed by atoms with Crippen molar-refractivity contribution in [2.45, 2.75) is 19.8 Å². The van der Waals surface area contributed by atoms with Crippen molar-refractivity contribution in [3.05, 3.63) is 69.9 Å². The van der Waals surface area contributed by atoms with Crippen LogP contribution in [0.15, 0.2) is 53.6 Å². The minimum Gasteiger partial charge on any atom is -0.356 e. The first-order valence-corrected chi connectivity index (χ1v) is 10.2. The normalized spacial score (nSPS) is 14.2. The number of hydrazone groups is 1. The minimum atomic E-state index is -0.427. The SMILES string of the molecule is Cc1nn2c(nc(N3CCCC3)c3ccccc32)c1/C=N/Nc1ccc([N+](=O)[O-])cc1. The molecule has 0 saturated carbocycles. The van der Waals surface area contributed by atoms with Crippen LogP contribution in [0.5, 0.6) is 0 Å². The van der Waals surface area contributed by atoms with E-state index in [1.54, 1.807) is 18.3 Å². The van der Waals surface area contributed by atoms with E-state index in [0.717, 1.165) is 46.7 Å². The van der Waals surface area contributed by atoms with Crippen LogP contribution in [0.2, 0.25) is 0 Å². The number of para-hydroxylation sites is 1. The van der Waals surface area contributed by atoms with Crippen molar-refractivity contribution in [3.63, 3.8) is 0 Å². The first kappa shape index (κ1) is 19.0. The number of nitro groups is 1. The van der Waals surface area contributed by atoms with E-state index in [1.807, 2.05) is 23.6 Å². The minimum absolute atomic E-state index is 0.0403. The first-order valence-electron chi connectivity index (χ1n) is 10.2. The fraction of sp³-hybridized carbons (Fsp3) is 0.227. The summed E-state index contributed by atoms with van der Waals surface area (Å²) in [5.74, 6) is 0.985. The molecule has 0 aliphatic carbocycles. The van der Waals surface area contributed by atoms with E-state index in [4.69, 9.17) is 10.1 Å². The molecule has 2 aromatic heterocycles. The van der Waals surface area contributed by atoms with Crippen LogP contribution in [0.3, 0.4) is 0 Å². The monoisotopic (exact) mass is 415 g/mol. The molecule has 2 aromatic carbocycles. The van der Waals surface area contributed by atoms with Gasteiger partial charge in [-0.2, -0.15) is 10.2 Å². The van der Waals surface area contributed by atoms with Gasteiger partial charge in [0.1, 0.15) is 5.82 Å². The molecule has 5 rings (SSSR count). The van der Waals surface area contributed by atoms with Crippen LogP contribution in [0.25, 0.3) is 16.6 Å². The molecule has 31 heavy (non-hydrogen) atoms. The van der Waals surface area contributed by atoms with Gasteiger partial charge < -0.3 is 4.90 Å². The molecule has 156 valence electrons. The smallest absolute Gasteiger partial charge is 0.269 e. The highest BCUT2D eigenvalue weighted by Gasteiger charge is 2.20. The molecule has 3 heterocycles. The summed E-state index contributed by atoms with van der Waals surface area (Å²) in [6.45, 7) is 3.95. The summed E-state index contributed by atoms with van der Waals surface area (Å²) in [5.41, 5.74) is 7.05. The number of fused-ring (bicyclic) bond motifs is 3. The van der Waals surface area contributed by atoms with Gasteiger partial charge in [-0.15, -0.1) is 0 Å². The molecule has 4 aromatic rings. The molecule has 9 nitrogen and oxygen atoms in total. The molecule has 1 fully saturated rings. The molecule has 1 saturated heterocycles. The number of nitro benzene ring substituents is 1. The Bertz CT molecular complexity index is 1310. The molecule has 9 heteroatoms. The Labute approximate surface area is 178 Å². The average Bonchev–Trinajstić information content (AvgIpc) is 3.42. The Morgan fingerprint density at radius 1 is 1.13 bits per heavy atom. The summed E-state index contributed by atoms with van der Waals surface area (Å²) < 4.78 is 1.87. The van der Waals surface area contributed by atoms with Gasteiger partial charge in [0.05, 0.1) is 33.6 Å². The number of aromatic nitrogens is 3. The zero-order valence-electron chi connectivity index (χ0n) is 17.0. The van der Waals surface area contributed by atoms with E-state index in [1.165, 1.54) is 25.0 Å². The maximum Gasteiger partial charge on any atom is 0.269 e. The van der Waals surface area contributed by atoms with E-state index >= 15 is 0 Å². The van der Waals surface area contributed by atoms with Crippen molar-refractivity contribution in [2.24, 2.45) is 5.10 Å². The topological polar surface area (TPSA) is 101 Å². The second kappa shape index (κ2) is 7.67. The van der Waals surface area contributed by atoms with Crippen molar-refractivity contribution < 1.29 is 4.92 Å². The summed E-state index contributed by atoms with van der Waals surface area (Å²) in [4.78, 5) is 17.7. The lowest BCUT2D eigenvalue weighted by atomic mass is 10.2. The highest BCUT2D eigenvalue weighted by atomic mass is 16.6. The lowest BCUT2D eigenvalue weighted by Crippen LogP contribution is -2.20. The zero-order chi connectivity index (χ0) is 21.4. The molecule has 0 radical (unpaired) electrons. The summed E-state index contributed by atoms with van der Waals surface area (Å²) in [6, 6.07) is 14.3. The van der Waals surface area contributed by atoms with Crippen LogP contribution in [-0.4, -0.2) is 38.8 Å². The predicted molar refractivity (Wildman–Crippen MR) is 121 cm³/mol. The van der Waals surface area contributed by atoms with E-state index in [2.05, 4.69) is 27.6 Å². The Morgan fingerprint density at radius 3 is 2.61 bits per heavy atom. The largest absolute Gasteiger partial charge is 0.356 e. The van der Waals surface area contributed by atoms with Crippen LogP contribution in [0.1, 0.15) is 24.1 Å². The number of aryl methyl sites for hydroxylation is 1. The number of anilines is 2. The highest BCUT2D eigenvalue weighted by Crippen LogP contribution is 2.30. The number of non-ortho nitro benzene ring substituents is 1. The van der Waals surface area contributed by atoms with Crippen molar-refractivity contribution in [2.75, 3.05) is 23.4 Å². The fourth-order valence-electron chi connectivity index (χ4n) is 3.96. The summed E-state index contributed by atoms with van der Waals surface area (Å²) in [7, 11) is 0.